The largest absolute Gasteiger partial charge is 0.497 e. The third-order valence-corrected chi connectivity index (χ3v) is 7.33. The highest BCUT2D eigenvalue weighted by molar-refractivity contribution is 5.99. The van der Waals surface area contributed by atoms with Crippen molar-refractivity contribution in [3.63, 3.8) is 0 Å². The van der Waals surface area contributed by atoms with Crippen molar-refractivity contribution in [3.8, 4) is 5.75 Å². The minimum absolute atomic E-state index is 0.0712. The van der Waals surface area contributed by atoms with Gasteiger partial charge in [0, 0.05) is 5.56 Å². The lowest BCUT2D eigenvalue weighted by Gasteiger charge is -2.60. The number of aryl methyl sites for hydroxylation is 1. The molecule has 0 aliphatic heterocycles. The van der Waals surface area contributed by atoms with E-state index in [1.165, 1.54) is 6.42 Å². The summed E-state index contributed by atoms with van der Waals surface area (Å²) in [5, 5.41) is 11.3. The highest BCUT2D eigenvalue weighted by atomic mass is 16.5. The summed E-state index contributed by atoms with van der Waals surface area (Å²) in [7, 11) is 1.63. The quantitative estimate of drug-likeness (QED) is 0.757. The van der Waals surface area contributed by atoms with Gasteiger partial charge in [-0.15, -0.1) is 0 Å². The zero-order chi connectivity index (χ0) is 19.3. The second-order valence-electron chi connectivity index (χ2n) is 9.83. The summed E-state index contributed by atoms with van der Waals surface area (Å²) in [5.74, 6) is 0.862. The molecule has 0 spiro atoms. The number of fused-ring (bicyclic) bond motifs is 1. The summed E-state index contributed by atoms with van der Waals surface area (Å²) in [6, 6.07) is 5.69. The lowest BCUT2D eigenvalue weighted by atomic mass is 9.45. The molecule has 4 atom stereocenters. The molecule has 0 bridgehead atoms. The normalized spacial score (nSPS) is 36.3. The Morgan fingerprint density at radius 3 is 2.46 bits per heavy atom. The summed E-state index contributed by atoms with van der Waals surface area (Å²) in [4.78, 5) is 13.7. The van der Waals surface area contributed by atoms with Crippen LogP contribution in [0.15, 0.2) is 18.2 Å². The number of ether oxygens (including phenoxy) is 1. The lowest BCUT2D eigenvalue weighted by Crippen LogP contribution is -2.60. The van der Waals surface area contributed by atoms with Gasteiger partial charge in [0.05, 0.1) is 18.6 Å². The molecular weight excluding hydrogens is 324 g/mol. The lowest BCUT2D eigenvalue weighted by molar-refractivity contribution is -0.149. The van der Waals surface area contributed by atoms with Gasteiger partial charge in [0.15, 0.2) is 5.78 Å². The second kappa shape index (κ2) is 6.37. The Kier molecular flexibility index (Phi) is 4.75. The van der Waals surface area contributed by atoms with Crippen LogP contribution in [0.2, 0.25) is 0 Å². The molecular formula is C23H34O3. The van der Waals surface area contributed by atoms with Crippen LogP contribution in [0.3, 0.4) is 0 Å². The van der Waals surface area contributed by atoms with Crippen LogP contribution in [0.1, 0.15) is 75.7 Å². The van der Waals surface area contributed by atoms with E-state index in [1.807, 2.05) is 32.0 Å². The molecule has 3 nitrogen and oxygen atoms in total. The summed E-state index contributed by atoms with van der Waals surface area (Å²) >= 11 is 0. The highest BCUT2D eigenvalue weighted by Gasteiger charge is 2.60. The van der Waals surface area contributed by atoms with Gasteiger partial charge in [-0.05, 0) is 80.0 Å². The molecule has 0 heterocycles. The van der Waals surface area contributed by atoms with Gasteiger partial charge in [0.2, 0.25) is 0 Å². The van der Waals surface area contributed by atoms with Crippen LogP contribution in [0, 0.1) is 29.6 Å². The van der Waals surface area contributed by atoms with E-state index >= 15 is 0 Å². The number of rotatable bonds is 3. The number of carbonyl (C=O) groups is 1. The van der Waals surface area contributed by atoms with Gasteiger partial charge in [-0.2, -0.15) is 0 Å². The maximum absolute atomic E-state index is 13.7. The Labute approximate surface area is 158 Å². The zero-order valence-electron chi connectivity index (χ0n) is 17.2. The molecule has 2 saturated carbocycles. The van der Waals surface area contributed by atoms with Crippen molar-refractivity contribution in [2.24, 2.45) is 22.7 Å². The molecule has 2 fully saturated rings. The fourth-order valence-corrected chi connectivity index (χ4v) is 6.28. The van der Waals surface area contributed by atoms with E-state index in [-0.39, 0.29) is 22.5 Å². The molecule has 26 heavy (non-hydrogen) atoms. The first-order valence-electron chi connectivity index (χ1n) is 9.93. The van der Waals surface area contributed by atoms with E-state index in [1.54, 1.807) is 7.11 Å². The van der Waals surface area contributed by atoms with Crippen molar-refractivity contribution < 1.29 is 14.6 Å². The van der Waals surface area contributed by atoms with Crippen molar-refractivity contribution in [1.29, 1.82) is 0 Å². The SMILES string of the molecule is COc1cc(C)cc(C(=O)C2C(C)(O)CCC3C(C)(C)CCCC32C)c1. The second-order valence-corrected chi connectivity index (χ2v) is 9.83. The first kappa shape index (κ1) is 19.4. The Balaban J connectivity index is 2.07. The maximum Gasteiger partial charge on any atom is 0.169 e. The number of Topliss-reactive ketones (excluding diaryl/α,β-unsaturated/α-hetero) is 1. The Morgan fingerprint density at radius 1 is 1.12 bits per heavy atom. The van der Waals surface area contributed by atoms with Crippen molar-refractivity contribution in [2.75, 3.05) is 7.11 Å². The monoisotopic (exact) mass is 358 g/mol. The predicted molar refractivity (Wildman–Crippen MR) is 105 cm³/mol. The molecule has 2 aliphatic carbocycles. The van der Waals surface area contributed by atoms with Gasteiger partial charge in [-0.3, -0.25) is 4.79 Å². The van der Waals surface area contributed by atoms with Crippen molar-refractivity contribution in [2.45, 2.75) is 72.3 Å². The Bertz CT molecular complexity index is 703. The van der Waals surface area contributed by atoms with Crippen LogP contribution in [0.5, 0.6) is 5.75 Å². The predicted octanol–water partition coefficient (Wildman–Crippen LogP) is 5.18. The fraction of sp³-hybridized carbons (Fsp3) is 0.696. The molecule has 0 saturated heterocycles. The summed E-state index contributed by atoms with van der Waals surface area (Å²) < 4.78 is 5.38. The van der Waals surface area contributed by atoms with Crippen LogP contribution in [-0.2, 0) is 0 Å². The van der Waals surface area contributed by atoms with E-state index in [0.29, 0.717) is 23.7 Å². The summed E-state index contributed by atoms with van der Waals surface area (Å²) in [6.45, 7) is 10.8. The minimum atomic E-state index is -0.966. The summed E-state index contributed by atoms with van der Waals surface area (Å²) in [5.41, 5.74) is 0.752. The molecule has 1 N–H and O–H groups in total. The van der Waals surface area contributed by atoms with Crippen LogP contribution >= 0.6 is 0 Å². The minimum Gasteiger partial charge on any atom is -0.497 e. The molecule has 0 amide bonds. The molecule has 1 aromatic carbocycles. The first-order chi connectivity index (χ1) is 12.0. The van der Waals surface area contributed by atoms with E-state index in [2.05, 4.69) is 20.8 Å². The number of carbonyl (C=O) groups excluding carboxylic acids is 1. The van der Waals surface area contributed by atoms with Crippen molar-refractivity contribution >= 4 is 5.78 Å². The summed E-state index contributed by atoms with van der Waals surface area (Å²) in [6.07, 6.45) is 5.02. The number of hydrogen-bond acceptors (Lipinski definition) is 3. The van der Waals surface area contributed by atoms with Gasteiger partial charge in [0.1, 0.15) is 5.75 Å². The molecule has 1 aromatic rings. The zero-order valence-corrected chi connectivity index (χ0v) is 17.2. The van der Waals surface area contributed by atoms with Gasteiger partial charge in [-0.25, -0.2) is 0 Å². The topological polar surface area (TPSA) is 46.5 Å². The number of ketones is 1. The number of hydrogen-bond donors (Lipinski definition) is 1. The van der Waals surface area contributed by atoms with Gasteiger partial charge < -0.3 is 9.84 Å². The number of benzene rings is 1. The molecule has 3 heteroatoms. The van der Waals surface area contributed by atoms with E-state index in [9.17, 15) is 9.90 Å². The Hall–Kier alpha value is -1.35. The fourth-order valence-electron chi connectivity index (χ4n) is 6.28. The Morgan fingerprint density at radius 2 is 1.81 bits per heavy atom. The van der Waals surface area contributed by atoms with Crippen molar-refractivity contribution in [3.05, 3.63) is 29.3 Å². The van der Waals surface area contributed by atoms with Crippen LogP contribution < -0.4 is 4.74 Å². The average molecular weight is 359 g/mol. The van der Waals surface area contributed by atoms with Gasteiger partial charge in [-0.1, -0.05) is 27.2 Å². The molecule has 0 radical (unpaired) electrons. The van der Waals surface area contributed by atoms with E-state index in [4.69, 9.17) is 4.74 Å². The van der Waals surface area contributed by atoms with Gasteiger partial charge >= 0.3 is 0 Å². The molecule has 2 aliphatic rings. The van der Waals surface area contributed by atoms with Gasteiger partial charge in [0.25, 0.3) is 0 Å². The van der Waals surface area contributed by atoms with Crippen molar-refractivity contribution in [1.82, 2.24) is 0 Å². The smallest absolute Gasteiger partial charge is 0.169 e. The van der Waals surface area contributed by atoms with Crippen LogP contribution in [0.25, 0.3) is 0 Å². The van der Waals surface area contributed by atoms with E-state index < -0.39 is 5.60 Å². The molecule has 3 rings (SSSR count). The third-order valence-electron chi connectivity index (χ3n) is 7.33. The molecule has 4 unspecified atom stereocenters. The van der Waals surface area contributed by atoms with Crippen LogP contribution in [-0.4, -0.2) is 23.6 Å². The molecule has 0 aromatic heterocycles. The third kappa shape index (κ3) is 3.09. The maximum atomic E-state index is 13.7. The number of aliphatic hydroxyl groups is 1. The average Bonchev–Trinajstić information content (AvgIpc) is 2.51. The van der Waals surface area contributed by atoms with E-state index in [0.717, 1.165) is 24.8 Å². The molecule has 144 valence electrons. The standard InChI is InChI=1S/C23H34O3/c1-15-12-16(14-17(13-15)26-6)19(24)20-22(4)10-7-9-21(2,3)18(22)8-11-23(20,5)25/h12-14,18,20,25H,7-11H2,1-6H3. The highest BCUT2D eigenvalue weighted by Crippen LogP contribution is 2.62. The number of methoxy groups -OCH3 is 1. The van der Waals surface area contributed by atoms with Crippen LogP contribution in [0.4, 0.5) is 0 Å². The first-order valence-corrected chi connectivity index (χ1v) is 9.93.